The van der Waals surface area contributed by atoms with Crippen LogP contribution in [0.2, 0.25) is 0 Å². The maximum Gasteiger partial charge on any atom is 0.101 e. The highest BCUT2D eigenvalue weighted by atomic mass is 79.9. The molecule has 96 valence electrons. The van der Waals surface area contributed by atoms with Crippen molar-refractivity contribution in [3.63, 3.8) is 0 Å². The number of ether oxygens (including phenoxy) is 1. The molecule has 0 bridgehead atoms. The lowest BCUT2D eigenvalue weighted by molar-refractivity contribution is 0.0300. The number of benzene rings is 1. The number of hydrogen-bond acceptors (Lipinski definition) is 3. The molecule has 0 aliphatic carbocycles. The van der Waals surface area contributed by atoms with Gasteiger partial charge in [-0.25, -0.2) is 0 Å². The molecule has 1 saturated heterocycles. The predicted octanol–water partition coefficient (Wildman–Crippen LogP) is 3.55. The molecule has 0 unspecified atom stereocenters. The molecule has 2 rings (SSSR count). The Morgan fingerprint density at radius 2 is 2.17 bits per heavy atom. The van der Waals surface area contributed by atoms with Crippen LogP contribution < -0.4 is 5.32 Å². The van der Waals surface area contributed by atoms with E-state index in [-0.39, 0.29) is 5.41 Å². The highest BCUT2D eigenvalue weighted by Crippen LogP contribution is 2.31. The second kappa shape index (κ2) is 5.73. The van der Waals surface area contributed by atoms with E-state index in [4.69, 9.17) is 10.00 Å². The van der Waals surface area contributed by atoms with E-state index in [0.717, 1.165) is 42.8 Å². The summed E-state index contributed by atoms with van der Waals surface area (Å²) in [5.74, 6) is 0. The second-order valence-corrected chi connectivity index (χ2v) is 5.99. The molecule has 1 aromatic rings. The zero-order valence-electron chi connectivity index (χ0n) is 10.5. The summed E-state index contributed by atoms with van der Waals surface area (Å²) >= 11 is 3.44. The third-order valence-electron chi connectivity index (χ3n) is 3.51. The Morgan fingerprint density at radius 1 is 1.44 bits per heavy atom. The highest BCUT2D eigenvalue weighted by molar-refractivity contribution is 9.10. The summed E-state index contributed by atoms with van der Waals surface area (Å²) in [4.78, 5) is 0. The van der Waals surface area contributed by atoms with E-state index in [0.29, 0.717) is 5.56 Å². The maximum absolute atomic E-state index is 9.09. The summed E-state index contributed by atoms with van der Waals surface area (Å²) in [6.07, 6.45) is 2.13. The third kappa shape index (κ3) is 3.24. The minimum Gasteiger partial charge on any atom is -0.383 e. The largest absolute Gasteiger partial charge is 0.383 e. The van der Waals surface area contributed by atoms with Crippen molar-refractivity contribution in [3.05, 3.63) is 28.2 Å². The number of anilines is 1. The Labute approximate surface area is 116 Å². The fourth-order valence-corrected chi connectivity index (χ4v) is 2.47. The van der Waals surface area contributed by atoms with Gasteiger partial charge in [0.1, 0.15) is 6.07 Å². The van der Waals surface area contributed by atoms with Gasteiger partial charge in [0.05, 0.1) is 11.3 Å². The van der Waals surface area contributed by atoms with Crippen LogP contribution in [0.3, 0.4) is 0 Å². The average Bonchev–Trinajstić information content (AvgIpc) is 2.38. The van der Waals surface area contributed by atoms with Crippen LogP contribution in [0.25, 0.3) is 0 Å². The van der Waals surface area contributed by atoms with E-state index in [2.05, 4.69) is 34.2 Å². The van der Waals surface area contributed by atoms with E-state index in [1.54, 1.807) is 0 Å². The fraction of sp³-hybridized carbons (Fsp3) is 0.500. The minimum atomic E-state index is 0.257. The second-order valence-electron chi connectivity index (χ2n) is 5.08. The Kier molecular flexibility index (Phi) is 4.26. The Morgan fingerprint density at radius 3 is 2.83 bits per heavy atom. The fourth-order valence-electron chi connectivity index (χ4n) is 2.11. The molecule has 1 N–H and O–H groups in total. The summed E-state index contributed by atoms with van der Waals surface area (Å²) in [5, 5.41) is 12.5. The van der Waals surface area contributed by atoms with Gasteiger partial charge in [0, 0.05) is 24.2 Å². The van der Waals surface area contributed by atoms with E-state index in [1.165, 1.54) is 0 Å². The topological polar surface area (TPSA) is 45.0 Å². The van der Waals surface area contributed by atoms with Crippen LogP contribution in [0.1, 0.15) is 25.3 Å². The van der Waals surface area contributed by atoms with E-state index in [9.17, 15) is 0 Å². The molecular weight excluding hydrogens is 292 g/mol. The van der Waals surface area contributed by atoms with Crippen molar-refractivity contribution in [1.82, 2.24) is 0 Å². The van der Waals surface area contributed by atoms with Gasteiger partial charge in [-0.05, 0) is 36.5 Å². The van der Waals surface area contributed by atoms with Crippen molar-refractivity contribution in [1.29, 1.82) is 5.26 Å². The Balaban J connectivity index is 2.05. The van der Waals surface area contributed by atoms with Crippen molar-refractivity contribution in [3.8, 4) is 6.07 Å². The van der Waals surface area contributed by atoms with Gasteiger partial charge in [-0.3, -0.25) is 0 Å². The van der Waals surface area contributed by atoms with Crippen molar-refractivity contribution in [2.45, 2.75) is 19.8 Å². The van der Waals surface area contributed by atoms with Gasteiger partial charge in [0.15, 0.2) is 0 Å². The van der Waals surface area contributed by atoms with Crippen LogP contribution in [0.15, 0.2) is 22.7 Å². The Hall–Kier alpha value is -1.05. The molecule has 1 aliphatic heterocycles. The summed E-state index contributed by atoms with van der Waals surface area (Å²) < 4.78 is 6.38. The van der Waals surface area contributed by atoms with Crippen LogP contribution >= 0.6 is 15.9 Å². The summed E-state index contributed by atoms with van der Waals surface area (Å²) in [7, 11) is 0. The molecule has 1 fully saturated rings. The zero-order valence-corrected chi connectivity index (χ0v) is 12.1. The molecule has 1 aliphatic rings. The number of nitrogens with one attached hydrogen (secondary N) is 1. The molecule has 0 radical (unpaired) electrons. The monoisotopic (exact) mass is 308 g/mol. The number of nitrogens with zero attached hydrogens (tertiary/aromatic N) is 1. The molecule has 0 saturated carbocycles. The third-order valence-corrected chi connectivity index (χ3v) is 4.00. The van der Waals surface area contributed by atoms with Gasteiger partial charge in [0.2, 0.25) is 0 Å². The van der Waals surface area contributed by atoms with E-state index < -0.39 is 0 Å². The van der Waals surface area contributed by atoms with Crippen molar-refractivity contribution >= 4 is 21.6 Å². The number of hydrogen-bond donors (Lipinski definition) is 1. The predicted molar refractivity (Wildman–Crippen MR) is 75.5 cm³/mol. The van der Waals surface area contributed by atoms with Crippen LogP contribution in [0, 0.1) is 16.7 Å². The molecule has 3 nitrogen and oxygen atoms in total. The smallest absolute Gasteiger partial charge is 0.101 e. The first kappa shape index (κ1) is 13.4. The molecule has 0 spiro atoms. The normalized spacial score (nSPS) is 18.1. The van der Waals surface area contributed by atoms with Crippen molar-refractivity contribution < 1.29 is 4.74 Å². The van der Waals surface area contributed by atoms with Crippen LogP contribution in [-0.2, 0) is 4.74 Å². The first-order chi connectivity index (χ1) is 8.63. The van der Waals surface area contributed by atoms with Gasteiger partial charge in [-0.1, -0.05) is 22.9 Å². The van der Waals surface area contributed by atoms with Gasteiger partial charge >= 0.3 is 0 Å². The van der Waals surface area contributed by atoms with E-state index in [1.807, 2.05) is 18.2 Å². The van der Waals surface area contributed by atoms with Gasteiger partial charge in [-0.15, -0.1) is 0 Å². The summed E-state index contributed by atoms with van der Waals surface area (Å²) in [6, 6.07) is 7.90. The number of rotatable bonds is 3. The lowest BCUT2D eigenvalue weighted by Crippen LogP contribution is -2.33. The first-order valence-electron chi connectivity index (χ1n) is 6.14. The highest BCUT2D eigenvalue weighted by Gasteiger charge is 2.27. The zero-order chi connectivity index (χ0) is 13.0. The SMILES string of the molecule is CC1(CNc2cc(Br)ccc2C#N)CCOCC1. The summed E-state index contributed by atoms with van der Waals surface area (Å²) in [6.45, 7) is 4.82. The van der Waals surface area contributed by atoms with Crippen molar-refractivity contribution in [2.75, 3.05) is 25.1 Å². The Bertz CT molecular complexity index is 461. The molecular formula is C14H17BrN2O. The van der Waals surface area contributed by atoms with Gasteiger partial charge < -0.3 is 10.1 Å². The molecule has 1 heterocycles. The van der Waals surface area contributed by atoms with Crippen LogP contribution in [0.4, 0.5) is 5.69 Å². The molecule has 1 aromatic carbocycles. The maximum atomic E-state index is 9.09. The van der Waals surface area contributed by atoms with Gasteiger partial charge in [0.25, 0.3) is 0 Å². The first-order valence-corrected chi connectivity index (χ1v) is 6.94. The van der Waals surface area contributed by atoms with Crippen molar-refractivity contribution in [2.24, 2.45) is 5.41 Å². The summed E-state index contributed by atoms with van der Waals surface area (Å²) in [5.41, 5.74) is 1.85. The lowest BCUT2D eigenvalue weighted by atomic mass is 9.82. The quantitative estimate of drug-likeness (QED) is 0.928. The number of nitriles is 1. The number of halogens is 1. The molecule has 4 heteroatoms. The van der Waals surface area contributed by atoms with Crippen LogP contribution in [0.5, 0.6) is 0 Å². The molecule has 0 atom stereocenters. The molecule has 0 aromatic heterocycles. The minimum absolute atomic E-state index is 0.257. The molecule has 18 heavy (non-hydrogen) atoms. The standard InChI is InChI=1S/C14H17BrN2O/c1-14(4-6-18-7-5-14)10-17-13-8-12(15)3-2-11(13)9-16/h2-3,8,17H,4-7,10H2,1H3. The molecule has 0 amide bonds. The van der Waals surface area contributed by atoms with Gasteiger partial charge in [-0.2, -0.15) is 5.26 Å². The average molecular weight is 309 g/mol. The lowest BCUT2D eigenvalue weighted by Gasteiger charge is -2.34. The van der Waals surface area contributed by atoms with Crippen LogP contribution in [-0.4, -0.2) is 19.8 Å². The van der Waals surface area contributed by atoms with E-state index >= 15 is 0 Å².